The summed E-state index contributed by atoms with van der Waals surface area (Å²) in [5.41, 5.74) is 6.58. The molecule has 3 heterocycles. The third kappa shape index (κ3) is 10.1. The van der Waals surface area contributed by atoms with Gasteiger partial charge in [0.2, 0.25) is 0 Å². The van der Waals surface area contributed by atoms with E-state index in [9.17, 15) is 9.90 Å². The summed E-state index contributed by atoms with van der Waals surface area (Å²) in [7, 11) is 4.26. The molecular formula is C44H55IrN2O2S-. The second kappa shape index (κ2) is 18.3. The number of nitrogens with zero attached hydrogens (tertiary/aromatic N) is 2. The number of carbonyl (C=O) groups excluding carboxylic acids is 1. The first-order valence-corrected chi connectivity index (χ1v) is 18.8. The Kier molecular flexibility index (Phi) is 15.0. The molecule has 0 atom stereocenters. The van der Waals surface area contributed by atoms with Crippen LogP contribution in [-0.4, -0.2) is 15.9 Å². The van der Waals surface area contributed by atoms with E-state index in [0.717, 1.165) is 65.5 Å². The first-order valence-electron chi connectivity index (χ1n) is 18.0. The van der Waals surface area contributed by atoms with Crippen molar-refractivity contribution in [2.75, 3.05) is 0 Å². The number of allylic oxidation sites excluding steroid dienone is 2. The molecular weight excluding hydrogens is 813 g/mol. The molecule has 5 aromatic rings. The zero-order chi connectivity index (χ0) is 35.9. The van der Waals surface area contributed by atoms with Gasteiger partial charge in [-0.3, -0.25) is 4.79 Å². The van der Waals surface area contributed by atoms with E-state index in [1.54, 1.807) is 0 Å². The maximum atomic E-state index is 11.7. The van der Waals surface area contributed by atoms with Gasteiger partial charge < -0.3 is 9.67 Å². The van der Waals surface area contributed by atoms with Gasteiger partial charge in [0, 0.05) is 49.9 Å². The van der Waals surface area contributed by atoms with E-state index in [0.29, 0.717) is 5.92 Å². The zero-order valence-electron chi connectivity index (χ0n) is 31.4. The molecule has 0 amide bonds. The summed E-state index contributed by atoms with van der Waals surface area (Å²) in [6.45, 7) is 19.4. The van der Waals surface area contributed by atoms with Crippen LogP contribution in [0, 0.1) is 30.9 Å². The van der Waals surface area contributed by atoms with Crippen LogP contribution in [0.3, 0.4) is 0 Å². The van der Waals surface area contributed by atoms with Crippen LogP contribution >= 0.6 is 11.3 Å². The Balaban J connectivity index is 0.000000361. The largest absolute Gasteiger partial charge is 0.512 e. The van der Waals surface area contributed by atoms with Crippen LogP contribution < -0.4 is 4.57 Å². The Morgan fingerprint density at radius 2 is 1.62 bits per heavy atom. The van der Waals surface area contributed by atoms with Crippen LogP contribution in [0.1, 0.15) is 98.4 Å². The van der Waals surface area contributed by atoms with Crippen molar-refractivity contribution in [3.8, 4) is 22.5 Å². The van der Waals surface area contributed by atoms with Gasteiger partial charge in [-0.1, -0.05) is 91.5 Å². The predicted molar refractivity (Wildman–Crippen MR) is 209 cm³/mol. The van der Waals surface area contributed by atoms with Crippen LogP contribution in [0.5, 0.6) is 0 Å². The molecule has 2 aromatic carbocycles. The summed E-state index contributed by atoms with van der Waals surface area (Å²) in [6, 6.07) is 25.3. The minimum atomic E-state index is 0. The molecule has 6 heteroatoms. The predicted octanol–water partition coefficient (Wildman–Crippen LogP) is 11.9. The molecule has 0 aliphatic heterocycles. The summed E-state index contributed by atoms with van der Waals surface area (Å²) in [6.07, 6.45) is 8.03. The first-order chi connectivity index (χ1) is 23.3. The number of ketones is 1. The Hall–Kier alpha value is -3.31. The molecule has 0 aliphatic rings. The maximum Gasteiger partial charge on any atom is 0.162 e. The second-order valence-electron chi connectivity index (χ2n) is 14.6. The van der Waals surface area contributed by atoms with Gasteiger partial charge in [0.15, 0.2) is 5.78 Å². The molecule has 50 heavy (non-hydrogen) atoms. The topological polar surface area (TPSA) is 54.1 Å². The van der Waals surface area contributed by atoms with Crippen LogP contribution in [0.2, 0.25) is 0 Å². The third-order valence-corrected chi connectivity index (χ3v) is 10.4. The Morgan fingerprint density at radius 1 is 0.960 bits per heavy atom. The molecule has 0 aliphatic carbocycles. The van der Waals surface area contributed by atoms with Crippen molar-refractivity contribution < 1.29 is 34.6 Å². The number of aliphatic hydroxyl groups excluding tert-OH is 1. The maximum absolute atomic E-state index is 11.7. The summed E-state index contributed by atoms with van der Waals surface area (Å²) < 4.78 is 3.18. The molecule has 1 N–H and O–H groups in total. The smallest absolute Gasteiger partial charge is 0.162 e. The van der Waals surface area contributed by atoms with Gasteiger partial charge in [0.05, 0.1) is 27.9 Å². The number of pyridine rings is 2. The fraction of sp³-hybridized carbons (Fsp3) is 0.409. The van der Waals surface area contributed by atoms with Crippen molar-refractivity contribution in [1.29, 1.82) is 0 Å². The van der Waals surface area contributed by atoms with Crippen molar-refractivity contribution in [2.24, 2.45) is 17.8 Å². The Labute approximate surface area is 318 Å². The van der Waals surface area contributed by atoms with Gasteiger partial charge in [-0.2, -0.15) is 0 Å². The number of carbonyl (C=O) groups is 1. The Bertz CT molecular complexity index is 1910. The van der Waals surface area contributed by atoms with Crippen LogP contribution in [-0.2, 0) is 36.7 Å². The van der Waals surface area contributed by atoms with E-state index in [2.05, 4.69) is 108 Å². The van der Waals surface area contributed by atoms with Gasteiger partial charge in [-0.05, 0) is 79.3 Å². The zero-order valence-corrected chi connectivity index (χ0v) is 34.6. The van der Waals surface area contributed by atoms with E-state index >= 15 is 0 Å². The van der Waals surface area contributed by atoms with Gasteiger partial charge in [-0.25, -0.2) is 4.98 Å². The molecule has 4 nitrogen and oxygen atoms in total. The minimum Gasteiger partial charge on any atom is -0.512 e. The molecule has 0 unspecified atom stereocenters. The molecule has 0 bridgehead atoms. The number of aliphatic hydroxyl groups is 1. The van der Waals surface area contributed by atoms with E-state index in [4.69, 9.17) is 4.98 Å². The normalized spacial score (nSPS) is 12.0. The summed E-state index contributed by atoms with van der Waals surface area (Å²) in [5.74, 6) is 1.19. The quantitative estimate of drug-likeness (QED) is 0.0623. The summed E-state index contributed by atoms with van der Waals surface area (Å²) in [4.78, 5) is 18.1. The third-order valence-electron chi connectivity index (χ3n) is 9.31. The molecule has 3 aromatic heterocycles. The van der Waals surface area contributed by atoms with Crippen molar-refractivity contribution in [1.82, 2.24) is 4.98 Å². The SMILES string of the molecule is CCC(CC)C(=O)/C=C(\O)C(CC)CC.[CH2-][n+]1ccc(-c2ccc3sc(CC(C)C)cc3n2)cc1-c1[c-]c2ccccc2c(C(C)(C)C)c1.[Ir]. The van der Waals surface area contributed by atoms with Crippen molar-refractivity contribution in [3.05, 3.63) is 102 Å². The average molecular weight is 868 g/mol. The van der Waals surface area contributed by atoms with E-state index < -0.39 is 0 Å². The second-order valence-corrected chi connectivity index (χ2v) is 15.7. The standard InChI is InChI=1S/C31H31N2S.C13H24O2.Ir/c1-20(2)15-24-19-28-30(34-24)12-11-27(32-28)22-13-14-33(6)29(18-22)23-16-21-9-7-8-10-25(21)26(17-23)31(3,4)5;1-5-10(6-2)12(14)9-13(15)11(7-3)8-4;/h7-14,17-20H,6,15H2,1-5H3;9-11,14H,5-8H2,1-4H3;/q-1;;/b;12-9-;. The minimum absolute atomic E-state index is 0. The number of thiophene rings is 1. The number of fused-ring (bicyclic) bond motifs is 2. The number of benzene rings is 2. The van der Waals surface area contributed by atoms with Gasteiger partial charge >= 0.3 is 0 Å². The van der Waals surface area contributed by atoms with E-state index in [1.807, 2.05) is 49.8 Å². The van der Waals surface area contributed by atoms with Crippen LogP contribution in [0.15, 0.2) is 78.7 Å². The van der Waals surface area contributed by atoms with Gasteiger partial charge in [0.1, 0.15) is 5.69 Å². The van der Waals surface area contributed by atoms with Crippen LogP contribution in [0.4, 0.5) is 0 Å². The van der Waals surface area contributed by atoms with Crippen molar-refractivity contribution in [3.63, 3.8) is 0 Å². The monoisotopic (exact) mass is 868 g/mol. The molecule has 269 valence electrons. The number of hydrogen-bond acceptors (Lipinski definition) is 4. The average Bonchev–Trinajstić information content (AvgIpc) is 3.46. The van der Waals surface area contributed by atoms with Crippen LogP contribution in [0.25, 0.3) is 43.5 Å². The molecule has 5 rings (SSSR count). The van der Waals surface area contributed by atoms with E-state index in [1.165, 1.54) is 26.6 Å². The fourth-order valence-corrected chi connectivity index (χ4v) is 7.54. The molecule has 1 radical (unpaired) electrons. The van der Waals surface area contributed by atoms with Gasteiger partial charge in [-0.15, -0.1) is 40.5 Å². The molecule has 0 fully saturated rings. The van der Waals surface area contributed by atoms with Crippen molar-refractivity contribution >= 4 is 38.1 Å². The summed E-state index contributed by atoms with van der Waals surface area (Å²) in [5, 5.41) is 12.1. The number of rotatable bonds is 11. The first kappa shape index (κ1) is 41.1. The molecule has 0 spiro atoms. The molecule has 0 saturated carbocycles. The summed E-state index contributed by atoms with van der Waals surface area (Å²) >= 11 is 1.86. The van der Waals surface area contributed by atoms with E-state index in [-0.39, 0.29) is 48.9 Å². The number of aromatic nitrogens is 2. The van der Waals surface area contributed by atoms with Crippen molar-refractivity contribution in [2.45, 2.75) is 99.8 Å². The van der Waals surface area contributed by atoms with Gasteiger partial charge in [0.25, 0.3) is 0 Å². The Morgan fingerprint density at radius 3 is 2.24 bits per heavy atom. The fourth-order valence-electron chi connectivity index (χ4n) is 6.33. The molecule has 0 saturated heterocycles. The number of hydrogen-bond donors (Lipinski definition) is 1.